The van der Waals surface area contributed by atoms with Crippen molar-refractivity contribution in [1.29, 1.82) is 0 Å². The van der Waals surface area contributed by atoms with E-state index in [0.29, 0.717) is 11.1 Å². The molecule has 3 aromatic rings. The summed E-state index contributed by atoms with van der Waals surface area (Å²) in [6.45, 7) is 5.77. The normalized spacial score (nSPS) is 19.0. The first-order valence-corrected chi connectivity index (χ1v) is 10.5. The van der Waals surface area contributed by atoms with Crippen LogP contribution in [0.4, 0.5) is 8.78 Å². The highest BCUT2D eigenvalue weighted by Gasteiger charge is 2.49. The summed E-state index contributed by atoms with van der Waals surface area (Å²) in [6.07, 6.45) is 5.31. The lowest BCUT2D eigenvalue weighted by Gasteiger charge is -2.39. The highest BCUT2D eigenvalue weighted by atomic mass is 19.1. The lowest BCUT2D eigenvalue weighted by molar-refractivity contribution is 0.565. The zero-order valence-electron chi connectivity index (χ0n) is 17.5. The van der Waals surface area contributed by atoms with Crippen LogP contribution < -0.4 is 0 Å². The first-order valence-electron chi connectivity index (χ1n) is 10.5. The Balaban J connectivity index is 1.96. The van der Waals surface area contributed by atoms with Gasteiger partial charge in [-0.3, -0.25) is 0 Å². The van der Waals surface area contributed by atoms with Crippen LogP contribution in [0.3, 0.4) is 0 Å². The van der Waals surface area contributed by atoms with Crippen LogP contribution in [0.5, 0.6) is 0 Å². The second-order valence-corrected chi connectivity index (χ2v) is 8.59. The molecule has 0 N–H and O–H groups in total. The predicted octanol–water partition coefficient (Wildman–Crippen LogP) is 7.28. The van der Waals surface area contributed by atoms with Crippen molar-refractivity contribution in [2.24, 2.45) is 5.92 Å². The van der Waals surface area contributed by atoms with Crippen LogP contribution in [0.2, 0.25) is 0 Å². The number of fused-ring (bicyclic) bond motifs is 2. The maximum Gasteiger partial charge on any atom is 0.126 e. The van der Waals surface area contributed by atoms with Gasteiger partial charge in [0.2, 0.25) is 0 Å². The predicted molar refractivity (Wildman–Crippen MR) is 118 cm³/mol. The van der Waals surface area contributed by atoms with Crippen molar-refractivity contribution in [3.8, 4) is 0 Å². The quantitative estimate of drug-likeness (QED) is 0.425. The maximum atomic E-state index is 14.9. The van der Waals surface area contributed by atoms with Gasteiger partial charge in [0, 0.05) is 0 Å². The molecule has 0 amide bonds. The average molecular weight is 398 g/mol. The molecule has 2 aliphatic rings. The molecule has 0 spiro atoms. The van der Waals surface area contributed by atoms with Gasteiger partial charge in [-0.1, -0.05) is 67.6 Å². The topological polar surface area (TPSA) is 0 Å². The minimum Gasteiger partial charge on any atom is -0.207 e. The Kier molecular flexibility index (Phi) is 4.28. The molecule has 2 heteroatoms. The molecule has 3 aromatic carbocycles. The van der Waals surface area contributed by atoms with Crippen LogP contribution >= 0.6 is 0 Å². The smallest absolute Gasteiger partial charge is 0.126 e. The molecule has 1 atom stereocenters. The summed E-state index contributed by atoms with van der Waals surface area (Å²) < 4.78 is 29.7. The first kappa shape index (κ1) is 19.0. The molecule has 0 aliphatic heterocycles. The van der Waals surface area contributed by atoms with E-state index in [2.05, 4.69) is 31.2 Å². The minimum atomic E-state index is -0.709. The van der Waals surface area contributed by atoms with Gasteiger partial charge < -0.3 is 0 Å². The van der Waals surface area contributed by atoms with E-state index >= 15 is 0 Å². The zero-order valence-corrected chi connectivity index (χ0v) is 17.5. The van der Waals surface area contributed by atoms with Crippen LogP contribution in [0.1, 0.15) is 46.7 Å². The number of halogens is 2. The van der Waals surface area contributed by atoms with E-state index < -0.39 is 5.41 Å². The molecule has 30 heavy (non-hydrogen) atoms. The third kappa shape index (κ3) is 2.49. The van der Waals surface area contributed by atoms with E-state index in [4.69, 9.17) is 0 Å². The van der Waals surface area contributed by atoms with Gasteiger partial charge in [-0.15, -0.1) is 0 Å². The minimum absolute atomic E-state index is 0.231. The first-order chi connectivity index (χ1) is 14.4. The van der Waals surface area contributed by atoms with E-state index in [1.807, 2.05) is 36.4 Å². The molecular formula is C28H24F2. The number of aryl methyl sites for hydroxylation is 2. The number of hydrogen-bond donors (Lipinski definition) is 0. The summed E-state index contributed by atoms with van der Waals surface area (Å²) in [5.41, 5.74) is 6.89. The van der Waals surface area contributed by atoms with Crippen molar-refractivity contribution in [3.63, 3.8) is 0 Å². The third-order valence-corrected chi connectivity index (χ3v) is 6.79. The monoisotopic (exact) mass is 398 g/mol. The molecular weight excluding hydrogens is 374 g/mol. The Morgan fingerprint density at radius 2 is 1.43 bits per heavy atom. The van der Waals surface area contributed by atoms with Gasteiger partial charge in [0.15, 0.2) is 0 Å². The van der Waals surface area contributed by atoms with Crippen molar-refractivity contribution < 1.29 is 8.78 Å². The van der Waals surface area contributed by atoms with E-state index in [9.17, 15) is 8.78 Å². The lowest BCUT2D eigenvalue weighted by Crippen LogP contribution is -2.33. The number of benzene rings is 3. The standard InChI is InChI=1S/C28H24F2/c1-17-11-13-20(15-25(17)29)28(21-14-12-18(2)26(30)16-21)24-10-5-4-8-22(24)23-9-6-7-19(3)27(23)28/h4-6,8-16,19H,7H2,1-3H3. The molecule has 0 saturated carbocycles. The fourth-order valence-electron chi connectivity index (χ4n) is 5.30. The van der Waals surface area contributed by atoms with E-state index in [0.717, 1.165) is 28.7 Å². The van der Waals surface area contributed by atoms with Gasteiger partial charge in [-0.05, 0) is 82.8 Å². The molecule has 0 saturated heterocycles. The summed E-state index contributed by atoms with van der Waals surface area (Å²) in [5.74, 6) is -0.207. The Hall–Kier alpha value is -3.00. The molecule has 0 radical (unpaired) electrons. The van der Waals surface area contributed by atoms with E-state index in [-0.39, 0.29) is 17.6 Å². The zero-order chi connectivity index (χ0) is 21.0. The molecule has 5 rings (SSSR count). The Morgan fingerprint density at radius 3 is 2.03 bits per heavy atom. The Morgan fingerprint density at radius 1 is 0.833 bits per heavy atom. The van der Waals surface area contributed by atoms with Crippen LogP contribution in [0, 0.1) is 31.4 Å². The molecule has 2 aliphatic carbocycles. The third-order valence-electron chi connectivity index (χ3n) is 6.79. The number of rotatable bonds is 2. The Bertz CT molecular complexity index is 1180. The van der Waals surface area contributed by atoms with Gasteiger partial charge in [0.05, 0.1) is 5.41 Å². The number of allylic oxidation sites excluding steroid dienone is 4. The summed E-state index contributed by atoms with van der Waals surface area (Å²) >= 11 is 0. The summed E-state index contributed by atoms with van der Waals surface area (Å²) in [7, 11) is 0. The molecule has 0 fully saturated rings. The lowest BCUT2D eigenvalue weighted by atomic mass is 9.63. The van der Waals surface area contributed by atoms with E-state index in [1.54, 1.807) is 26.0 Å². The van der Waals surface area contributed by atoms with Crippen molar-refractivity contribution in [2.45, 2.75) is 32.6 Å². The summed E-state index contributed by atoms with van der Waals surface area (Å²) in [5, 5.41) is 0. The largest absolute Gasteiger partial charge is 0.207 e. The van der Waals surface area contributed by atoms with Crippen molar-refractivity contribution in [2.75, 3.05) is 0 Å². The van der Waals surface area contributed by atoms with Gasteiger partial charge >= 0.3 is 0 Å². The van der Waals surface area contributed by atoms with Crippen LogP contribution in [0.25, 0.3) is 5.57 Å². The molecule has 0 nitrogen and oxygen atoms in total. The second kappa shape index (κ2) is 6.77. The van der Waals surface area contributed by atoms with E-state index in [1.165, 1.54) is 11.1 Å². The average Bonchev–Trinajstić information content (AvgIpc) is 3.05. The Labute approximate surface area is 176 Å². The van der Waals surface area contributed by atoms with Crippen molar-refractivity contribution in [3.05, 3.63) is 123 Å². The van der Waals surface area contributed by atoms with Gasteiger partial charge in [0.25, 0.3) is 0 Å². The molecule has 0 aromatic heterocycles. The molecule has 1 unspecified atom stereocenters. The summed E-state index contributed by atoms with van der Waals surface area (Å²) in [4.78, 5) is 0. The highest BCUT2D eigenvalue weighted by Crippen LogP contribution is 2.58. The fraction of sp³-hybridized carbons (Fsp3) is 0.214. The number of hydrogen-bond acceptors (Lipinski definition) is 0. The van der Waals surface area contributed by atoms with Crippen molar-refractivity contribution in [1.82, 2.24) is 0 Å². The fourth-order valence-corrected chi connectivity index (χ4v) is 5.30. The van der Waals surface area contributed by atoms with Gasteiger partial charge in [-0.2, -0.15) is 0 Å². The van der Waals surface area contributed by atoms with Crippen LogP contribution in [-0.2, 0) is 5.41 Å². The maximum absolute atomic E-state index is 14.9. The molecule has 0 bridgehead atoms. The highest BCUT2D eigenvalue weighted by molar-refractivity contribution is 5.91. The summed E-state index contributed by atoms with van der Waals surface area (Å²) in [6, 6.07) is 19.3. The van der Waals surface area contributed by atoms with Crippen LogP contribution in [-0.4, -0.2) is 0 Å². The molecule has 0 heterocycles. The second-order valence-electron chi connectivity index (χ2n) is 8.59. The van der Waals surface area contributed by atoms with Gasteiger partial charge in [-0.25, -0.2) is 8.78 Å². The molecule has 150 valence electrons. The van der Waals surface area contributed by atoms with Gasteiger partial charge in [0.1, 0.15) is 11.6 Å². The van der Waals surface area contributed by atoms with Crippen LogP contribution in [0.15, 0.2) is 78.4 Å². The van der Waals surface area contributed by atoms with Crippen molar-refractivity contribution >= 4 is 5.57 Å². The SMILES string of the molecule is Cc1ccc(C2(c3ccc(C)c(F)c3)C3=C(C=CCC3C)c3ccccc32)cc1F.